The molecule has 3 amide bonds. The van der Waals surface area contributed by atoms with E-state index in [4.69, 9.17) is 4.74 Å². The molecule has 3 fully saturated rings. The number of carbonyl (C=O) groups excluding carboxylic acids is 4. The number of likely N-dealkylation sites (tertiary alicyclic amines) is 1. The first-order valence-electron chi connectivity index (χ1n) is 15.4. The van der Waals surface area contributed by atoms with Crippen molar-refractivity contribution in [3.05, 3.63) is 107 Å². The number of hydrogen-bond donors (Lipinski definition) is 2. The molecule has 0 unspecified atom stereocenters. The molecule has 44 heavy (non-hydrogen) atoms. The van der Waals surface area contributed by atoms with Gasteiger partial charge in [-0.15, -0.1) is 0 Å². The van der Waals surface area contributed by atoms with Crippen molar-refractivity contribution < 1.29 is 23.9 Å². The number of nitrogens with one attached hydrogen (secondary N) is 2. The largest absolute Gasteiger partial charge is 0.456 e. The molecule has 0 aromatic heterocycles. The van der Waals surface area contributed by atoms with Gasteiger partial charge in [0.25, 0.3) is 5.91 Å². The molecule has 2 aliphatic carbocycles. The van der Waals surface area contributed by atoms with Crippen molar-refractivity contribution in [3.8, 4) is 0 Å². The van der Waals surface area contributed by atoms with Crippen LogP contribution in [0.25, 0.3) is 0 Å². The second-order valence-electron chi connectivity index (χ2n) is 13.2. The lowest BCUT2D eigenvalue weighted by molar-refractivity contribution is -0.133. The number of esters is 1. The van der Waals surface area contributed by atoms with Gasteiger partial charge >= 0.3 is 5.97 Å². The van der Waals surface area contributed by atoms with E-state index in [2.05, 4.69) is 34.9 Å². The predicted octanol–water partition coefficient (Wildman–Crippen LogP) is 4.67. The first-order valence-corrected chi connectivity index (χ1v) is 15.4. The van der Waals surface area contributed by atoms with Crippen LogP contribution in [0.4, 0.5) is 0 Å². The summed E-state index contributed by atoms with van der Waals surface area (Å²) in [5.41, 5.74) is 2.48. The second kappa shape index (κ2) is 11.9. The molecule has 2 saturated carbocycles. The minimum Gasteiger partial charge on any atom is -0.456 e. The second-order valence-corrected chi connectivity index (χ2v) is 13.2. The van der Waals surface area contributed by atoms with Gasteiger partial charge in [0.15, 0.2) is 0 Å². The van der Waals surface area contributed by atoms with Crippen molar-refractivity contribution in [1.29, 1.82) is 0 Å². The zero-order valence-corrected chi connectivity index (χ0v) is 25.4. The number of ether oxygens (including phenoxy) is 1. The summed E-state index contributed by atoms with van der Waals surface area (Å²) in [6.07, 6.45) is 1.71. The molecule has 8 nitrogen and oxygen atoms in total. The molecule has 3 aromatic carbocycles. The molecule has 6 rings (SSSR count). The Labute approximate surface area is 258 Å². The summed E-state index contributed by atoms with van der Waals surface area (Å²) in [7, 11) is 0. The maximum Gasteiger partial charge on any atom is 0.338 e. The van der Waals surface area contributed by atoms with Gasteiger partial charge in [0, 0.05) is 42.6 Å². The van der Waals surface area contributed by atoms with E-state index in [1.807, 2.05) is 36.4 Å². The average molecular weight is 594 g/mol. The molecule has 1 aliphatic heterocycles. The quantitative estimate of drug-likeness (QED) is 0.370. The maximum atomic E-state index is 13.6. The minimum absolute atomic E-state index is 0.0182. The van der Waals surface area contributed by atoms with E-state index in [9.17, 15) is 19.2 Å². The van der Waals surface area contributed by atoms with E-state index in [-0.39, 0.29) is 54.7 Å². The average Bonchev–Trinajstić information content (AvgIpc) is 3.92. The molecular formula is C36H39N3O5. The molecule has 3 aromatic rings. The van der Waals surface area contributed by atoms with E-state index < -0.39 is 23.4 Å². The molecule has 228 valence electrons. The minimum atomic E-state index is -0.661. The van der Waals surface area contributed by atoms with E-state index in [1.54, 1.807) is 49.9 Å². The predicted molar refractivity (Wildman–Crippen MR) is 166 cm³/mol. The Morgan fingerprint density at radius 3 is 1.52 bits per heavy atom. The number of benzene rings is 3. The van der Waals surface area contributed by atoms with Crippen LogP contribution in [-0.4, -0.2) is 59.4 Å². The lowest BCUT2D eigenvalue weighted by Gasteiger charge is -2.20. The molecule has 0 radical (unpaired) electrons. The van der Waals surface area contributed by atoms with Crippen LogP contribution in [-0.2, 0) is 14.3 Å². The summed E-state index contributed by atoms with van der Waals surface area (Å²) in [6.45, 7) is 5.68. The van der Waals surface area contributed by atoms with Crippen molar-refractivity contribution in [2.24, 2.45) is 11.8 Å². The van der Waals surface area contributed by atoms with Gasteiger partial charge in [-0.1, -0.05) is 60.7 Å². The van der Waals surface area contributed by atoms with Gasteiger partial charge < -0.3 is 20.3 Å². The molecule has 0 bridgehead atoms. The van der Waals surface area contributed by atoms with E-state index in [0.29, 0.717) is 11.1 Å². The summed E-state index contributed by atoms with van der Waals surface area (Å²) in [4.78, 5) is 54.9. The highest BCUT2D eigenvalue weighted by Gasteiger charge is 2.48. The highest BCUT2D eigenvalue weighted by molar-refractivity contribution is 5.98. The van der Waals surface area contributed by atoms with Crippen molar-refractivity contribution in [1.82, 2.24) is 15.5 Å². The van der Waals surface area contributed by atoms with Crippen LogP contribution in [0.1, 0.15) is 77.3 Å². The van der Waals surface area contributed by atoms with Crippen LogP contribution >= 0.6 is 0 Å². The Kier molecular flexibility index (Phi) is 8.01. The summed E-state index contributed by atoms with van der Waals surface area (Å²) in [5, 5.41) is 6.32. The molecule has 1 saturated heterocycles. The molecule has 8 heteroatoms. The van der Waals surface area contributed by atoms with Crippen molar-refractivity contribution in [3.63, 3.8) is 0 Å². The fraction of sp³-hybridized carbons (Fsp3) is 0.389. The van der Waals surface area contributed by atoms with Gasteiger partial charge in [-0.3, -0.25) is 14.4 Å². The number of hydrogen-bond acceptors (Lipinski definition) is 5. The molecule has 1 heterocycles. The van der Waals surface area contributed by atoms with E-state index >= 15 is 0 Å². The summed E-state index contributed by atoms with van der Waals surface area (Å²) in [6, 6.07) is 26.5. The summed E-state index contributed by atoms with van der Waals surface area (Å²) >= 11 is 0. The van der Waals surface area contributed by atoms with Crippen LogP contribution < -0.4 is 10.6 Å². The Bertz CT molecular complexity index is 1460. The maximum absolute atomic E-state index is 13.6. The molecule has 3 aliphatic rings. The standard InChI is InChI=1S/C36H39N3O5/c1-36(2,3)44-35(43)25-16-14-24(15-17-25)34(42)39-20-28(32(40)37-30-18-26(30)22-10-6-4-7-11-22)29(21-39)33(41)38-31-19-27(31)23-12-8-5-9-13-23/h4-17,26-31H,18-21H2,1-3H3,(H,37,40)(H,38,41)/t26-,27-,28-,29-,30+,31+/m1/s1. The number of rotatable bonds is 8. The topological polar surface area (TPSA) is 105 Å². The van der Waals surface area contributed by atoms with Gasteiger partial charge in [-0.05, 0) is 69.0 Å². The fourth-order valence-electron chi connectivity index (χ4n) is 6.20. The van der Waals surface area contributed by atoms with E-state index in [0.717, 1.165) is 12.8 Å². The van der Waals surface area contributed by atoms with Gasteiger partial charge in [0.1, 0.15) is 5.60 Å². The van der Waals surface area contributed by atoms with Crippen LogP contribution in [0.15, 0.2) is 84.9 Å². The monoisotopic (exact) mass is 593 g/mol. The van der Waals surface area contributed by atoms with Crippen molar-refractivity contribution in [2.45, 2.75) is 63.1 Å². The lowest BCUT2D eigenvalue weighted by atomic mass is 9.94. The molecular weight excluding hydrogens is 554 g/mol. The Balaban J connectivity index is 1.14. The van der Waals surface area contributed by atoms with Gasteiger partial charge in [-0.25, -0.2) is 4.79 Å². The highest BCUT2D eigenvalue weighted by atomic mass is 16.6. The van der Waals surface area contributed by atoms with Crippen LogP contribution in [0.5, 0.6) is 0 Å². The van der Waals surface area contributed by atoms with Crippen LogP contribution in [0.3, 0.4) is 0 Å². The molecule has 6 atom stereocenters. The lowest BCUT2D eigenvalue weighted by Crippen LogP contribution is -2.43. The SMILES string of the molecule is CC(C)(C)OC(=O)c1ccc(C(=O)N2C[C@@H](C(=O)N[C@H]3C[C@@H]3c3ccccc3)[C@H](C(=O)N[C@H]3C[C@@H]3c3ccccc3)C2)cc1. The number of amides is 3. The summed E-state index contributed by atoms with van der Waals surface area (Å²) in [5.74, 6) is -1.94. The van der Waals surface area contributed by atoms with E-state index in [1.165, 1.54) is 11.1 Å². The van der Waals surface area contributed by atoms with Crippen LogP contribution in [0.2, 0.25) is 0 Å². The Morgan fingerprint density at radius 2 is 1.09 bits per heavy atom. The zero-order chi connectivity index (χ0) is 31.0. The molecule has 2 N–H and O–H groups in total. The van der Waals surface area contributed by atoms with Gasteiger partial charge in [0.05, 0.1) is 17.4 Å². The summed E-state index contributed by atoms with van der Waals surface area (Å²) < 4.78 is 5.43. The smallest absolute Gasteiger partial charge is 0.338 e. The van der Waals surface area contributed by atoms with Crippen LogP contribution in [0, 0.1) is 11.8 Å². The van der Waals surface area contributed by atoms with Crippen molar-refractivity contribution >= 4 is 23.7 Å². The van der Waals surface area contributed by atoms with Gasteiger partial charge in [-0.2, -0.15) is 0 Å². The Hall–Kier alpha value is -4.46. The van der Waals surface area contributed by atoms with Crippen molar-refractivity contribution in [2.75, 3.05) is 13.1 Å². The molecule has 0 spiro atoms. The third-order valence-electron chi connectivity index (χ3n) is 8.74. The van der Waals surface area contributed by atoms with Gasteiger partial charge in [0.2, 0.25) is 11.8 Å². The Morgan fingerprint density at radius 1 is 0.659 bits per heavy atom. The third-order valence-corrected chi connectivity index (χ3v) is 8.74. The number of carbonyl (C=O) groups is 4. The normalized spacial score (nSPS) is 25.6. The fourth-order valence-corrected chi connectivity index (χ4v) is 6.20. The third kappa shape index (κ3) is 6.69. The zero-order valence-electron chi connectivity index (χ0n) is 25.4. The first kappa shape index (κ1) is 29.6. The highest BCUT2D eigenvalue weighted by Crippen LogP contribution is 2.42. The first-order chi connectivity index (χ1) is 21.1. The number of nitrogens with zero attached hydrogens (tertiary/aromatic N) is 1.